The highest BCUT2D eigenvalue weighted by atomic mass is 16.6. The van der Waals surface area contributed by atoms with Crippen LogP contribution in [0.1, 0.15) is 13.8 Å². The number of pyridine rings is 2. The SMILES string of the molecule is CCOC(=O)C(=CNc1nc(OC)cc2ccccc12)C(=O)OCC.COc1cnc(N)c2ccccc12. The fourth-order valence-corrected chi connectivity index (χ4v) is 3.50. The van der Waals surface area contributed by atoms with Crippen molar-refractivity contribution in [2.75, 3.05) is 38.5 Å². The van der Waals surface area contributed by atoms with E-state index in [2.05, 4.69) is 15.3 Å². The third-order valence-electron chi connectivity index (χ3n) is 5.28. The number of carbonyl (C=O) groups is 2. The number of ether oxygens (including phenoxy) is 4. The first kappa shape index (κ1) is 27.7. The van der Waals surface area contributed by atoms with Gasteiger partial charge in [-0.05, 0) is 19.2 Å². The predicted molar refractivity (Wildman–Crippen MR) is 146 cm³/mol. The van der Waals surface area contributed by atoms with E-state index in [1.165, 1.54) is 13.3 Å². The molecule has 3 N–H and O–H groups in total. The van der Waals surface area contributed by atoms with E-state index < -0.39 is 11.9 Å². The number of hydrogen-bond acceptors (Lipinski definition) is 10. The number of fused-ring (bicyclic) bond motifs is 2. The van der Waals surface area contributed by atoms with Crippen molar-refractivity contribution in [2.24, 2.45) is 0 Å². The molecule has 0 spiro atoms. The van der Waals surface area contributed by atoms with Crippen molar-refractivity contribution >= 4 is 45.1 Å². The molecule has 10 nitrogen and oxygen atoms in total. The molecule has 198 valence electrons. The van der Waals surface area contributed by atoms with Crippen LogP contribution < -0.4 is 20.5 Å². The van der Waals surface area contributed by atoms with Gasteiger partial charge in [-0.3, -0.25) is 0 Å². The summed E-state index contributed by atoms with van der Waals surface area (Å²) in [5, 5.41) is 6.53. The van der Waals surface area contributed by atoms with Crippen molar-refractivity contribution in [3.8, 4) is 11.6 Å². The van der Waals surface area contributed by atoms with Gasteiger partial charge in [0.2, 0.25) is 5.88 Å². The van der Waals surface area contributed by atoms with Crippen LogP contribution in [-0.4, -0.2) is 49.3 Å². The number of esters is 2. The van der Waals surface area contributed by atoms with Gasteiger partial charge in [-0.15, -0.1) is 0 Å². The predicted octanol–water partition coefficient (Wildman–Crippen LogP) is 4.49. The van der Waals surface area contributed by atoms with Crippen molar-refractivity contribution in [1.29, 1.82) is 0 Å². The maximum atomic E-state index is 12.0. The summed E-state index contributed by atoms with van der Waals surface area (Å²) in [5.41, 5.74) is 5.47. The van der Waals surface area contributed by atoms with Crippen LogP contribution in [0.2, 0.25) is 0 Å². The number of nitrogens with one attached hydrogen (secondary N) is 1. The summed E-state index contributed by atoms with van der Waals surface area (Å²) in [6.45, 7) is 3.61. The summed E-state index contributed by atoms with van der Waals surface area (Å²) in [6, 6.07) is 17.1. The molecule has 0 aliphatic carbocycles. The number of rotatable bonds is 8. The van der Waals surface area contributed by atoms with Crippen LogP contribution in [0, 0.1) is 0 Å². The molecule has 0 radical (unpaired) electrons. The van der Waals surface area contributed by atoms with E-state index in [4.69, 9.17) is 24.7 Å². The molecule has 38 heavy (non-hydrogen) atoms. The lowest BCUT2D eigenvalue weighted by molar-refractivity contribution is -0.146. The fourth-order valence-electron chi connectivity index (χ4n) is 3.50. The van der Waals surface area contributed by atoms with Crippen molar-refractivity contribution < 1.29 is 28.5 Å². The smallest absolute Gasteiger partial charge is 0.347 e. The van der Waals surface area contributed by atoms with E-state index in [1.54, 1.807) is 33.2 Å². The van der Waals surface area contributed by atoms with Crippen LogP contribution in [0.5, 0.6) is 11.6 Å². The number of nitrogens with zero attached hydrogens (tertiary/aromatic N) is 2. The Morgan fingerprint density at radius 2 is 1.50 bits per heavy atom. The summed E-state index contributed by atoms with van der Waals surface area (Å²) < 4.78 is 20.1. The van der Waals surface area contributed by atoms with Crippen LogP contribution in [0.25, 0.3) is 21.5 Å². The van der Waals surface area contributed by atoms with Crippen LogP contribution in [-0.2, 0) is 19.1 Å². The van der Waals surface area contributed by atoms with Crippen molar-refractivity contribution in [3.63, 3.8) is 0 Å². The quantitative estimate of drug-likeness (QED) is 0.149. The zero-order chi connectivity index (χ0) is 27.5. The first-order chi connectivity index (χ1) is 18.4. The number of hydrogen-bond donors (Lipinski definition) is 2. The van der Waals surface area contributed by atoms with E-state index in [1.807, 2.05) is 48.5 Å². The second-order valence-electron chi connectivity index (χ2n) is 7.64. The minimum Gasteiger partial charge on any atom is -0.494 e. The van der Waals surface area contributed by atoms with Crippen LogP contribution >= 0.6 is 0 Å². The summed E-state index contributed by atoms with van der Waals surface area (Å²) in [7, 11) is 3.14. The molecule has 2 heterocycles. The van der Waals surface area contributed by atoms with Gasteiger partial charge in [0.25, 0.3) is 0 Å². The monoisotopic (exact) mass is 518 g/mol. The Bertz CT molecular complexity index is 1430. The molecule has 0 saturated heterocycles. The molecular formula is C28H30N4O6. The third kappa shape index (κ3) is 6.67. The number of anilines is 2. The van der Waals surface area contributed by atoms with Gasteiger partial charge in [-0.1, -0.05) is 48.5 Å². The van der Waals surface area contributed by atoms with Gasteiger partial charge < -0.3 is 30.0 Å². The minimum absolute atomic E-state index is 0.149. The molecule has 4 rings (SSSR count). The molecule has 0 amide bonds. The number of nitrogen functional groups attached to an aromatic ring is 1. The molecule has 0 unspecified atom stereocenters. The van der Waals surface area contributed by atoms with Gasteiger partial charge in [0.15, 0.2) is 5.57 Å². The lowest BCUT2D eigenvalue weighted by Crippen LogP contribution is -2.19. The van der Waals surface area contributed by atoms with Gasteiger partial charge in [-0.25, -0.2) is 14.6 Å². The van der Waals surface area contributed by atoms with Crippen molar-refractivity contribution in [3.05, 3.63) is 72.6 Å². The second-order valence-corrected chi connectivity index (χ2v) is 7.64. The number of carbonyl (C=O) groups excluding carboxylic acids is 2. The number of nitrogens with two attached hydrogens (primary N) is 1. The first-order valence-corrected chi connectivity index (χ1v) is 11.8. The largest absolute Gasteiger partial charge is 0.494 e. The topological polar surface area (TPSA) is 135 Å². The Labute approximate surface area is 220 Å². The van der Waals surface area contributed by atoms with Crippen LogP contribution in [0.3, 0.4) is 0 Å². The highest BCUT2D eigenvalue weighted by molar-refractivity contribution is 6.14. The average Bonchev–Trinajstić information content (AvgIpc) is 2.94. The van der Waals surface area contributed by atoms with Gasteiger partial charge in [0.05, 0.1) is 33.6 Å². The standard InChI is InChI=1S/C18H20N2O5.C10H10N2O/c1-4-24-17(21)14(18(22)25-5-2)11-19-16-13-9-7-6-8-12(13)10-15(20-16)23-3;1-13-9-6-12-10(11)8-5-3-2-4-7(8)9/h6-11H,4-5H2,1-3H3,(H,19,20);2-6H,1H3,(H2,11,12). The molecule has 4 aromatic rings. The fraction of sp³-hybridized carbons (Fsp3) is 0.214. The van der Waals surface area contributed by atoms with Crippen LogP contribution in [0.4, 0.5) is 11.6 Å². The van der Waals surface area contributed by atoms with Crippen LogP contribution in [0.15, 0.2) is 72.6 Å². The van der Waals surface area contributed by atoms with E-state index in [0.717, 1.165) is 27.3 Å². The Kier molecular flexibility index (Phi) is 9.81. The molecule has 0 atom stereocenters. The van der Waals surface area contributed by atoms with E-state index in [-0.39, 0.29) is 18.8 Å². The number of methoxy groups -OCH3 is 2. The van der Waals surface area contributed by atoms with Crippen molar-refractivity contribution in [2.45, 2.75) is 13.8 Å². The summed E-state index contributed by atoms with van der Waals surface area (Å²) in [4.78, 5) is 32.3. The zero-order valence-corrected chi connectivity index (χ0v) is 21.7. The lowest BCUT2D eigenvalue weighted by Gasteiger charge is -2.10. The van der Waals surface area contributed by atoms with Gasteiger partial charge in [-0.2, -0.15) is 4.98 Å². The van der Waals surface area contributed by atoms with Gasteiger partial charge >= 0.3 is 11.9 Å². The summed E-state index contributed by atoms with van der Waals surface area (Å²) >= 11 is 0. The Balaban J connectivity index is 0.000000256. The Hall–Kier alpha value is -4.86. The second kappa shape index (κ2) is 13.4. The third-order valence-corrected chi connectivity index (χ3v) is 5.28. The van der Waals surface area contributed by atoms with E-state index in [9.17, 15) is 9.59 Å². The maximum Gasteiger partial charge on any atom is 0.347 e. The molecule has 0 saturated carbocycles. The van der Waals surface area contributed by atoms with Gasteiger partial charge in [0, 0.05) is 28.4 Å². The average molecular weight is 519 g/mol. The maximum absolute atomic E-state index is 12.0. The normalized spacial score (nSPS) is 10.1. The highest BCUT2D eigenvalue weighted by Crippen LogP contribution is 2.27. The molecule has 0 aliphatic heterocycles. The van der Waals surface area contributed by atoms with E-state index >= 15 is 0 Å². The lowest BCUT2D eigenvalue weighted by atomic mass is 10.1. The summed E-state index contributed by atoms with van der Waals surface area (Å²) in [6.07, 6.45) is 2.88. The Morgan fingerprint density at radius 3 is 2.11 bits per heavy atom. The van der Waals surface area contributed by atoms with Crippen molar-refractivity contribution in [1.82, 2.24) is 9.97 Å². The molecule has 2 aromatic carbocycles. The Morgan fingerprint density at radius 1 is 0.895 bits per heavy atom. The molecule has 10 heteroatoms. The molecule has 0 bridgehead atoms. The molecular weight excluding hydrogens is 488 g/mol. The molecule has 0 fully saturated rings. The minimum atomic E-state index is -0.763. The summed E-state index contributed by atoms with van der Waals surface area (Å²) in [5.74, 6) is 0.618. The van der Waals surface area contributed by atoms with E-state index in [0.29, 0.717) is 17.5 Å². The molecule has 0 aliphatic rings. The number of benzene rings is 2. The molecule has 2 aromatic heterocycles. The van der Waals surface area contributed by atoms with Gasteiger partial charge in [0.1, 0.15) is 17.4 Å². The first-order valence-electron chi connectivity index (χ1n) is 11.8. The highest BCUT2D eigenvalue weighted by Gasteiger charge is 2.21. The zero-order valence-electron chi connectivity index (χ0n) is 21.7. The number of aromatic nitrogens is 2.